The summed E-state index contributed by atoms with van der Waals surface area (Å²) in [4.78, 5) is 4.88. The van der Waals surface area contributed by atoms with Crippen LogP contribution in [0.1, 0.15) is 35.4 Å². The molecule has 0 aliphatic carbocycles. The van der Waals surface area contributed by atoms with Gasteiger partial charge in [0.05, 0.1) is 0 Å². The van der Waals surface area contributed by atoms with Crippen LogP contribution in [0.25, 0.3) is 0 Å². The minimum absolute atomic E-state index is 0.732. The Kier molecular flexibility index (Phi) is 6.06. The number of benzene rings is 2. The fraction of sp³-hybridized carbons (Fsp3) is 0.455. The lowest BCUT2D eigenvalue weighted by Gasteiger charge is -2.33. The quantitative estimate of drug-likeness (QED) is 0.787. The Morgan fingerprint density at radius 3 is 2.29 bits per heavy atom. The van der Waals surface area contributed by atoms with Gasteiger partial charge in [0.15, 0.2) is 0 Å². The van der Waals surface area contributed by atoms with Crippen molar-refractivity contribution in [1.82, 2.24) is 9.80 Å². The van der Waals surface area contributed by atoms with E-state index in [-0.39, 0.29) is 0 Å². The number of hydrogen-bond acceptors (Lipinski definition) is 2. The molecule has 2 aromatic rings. The van der Waals surface area contributed by atoms with Gasteiger partial charge in [0.2, 0.25) is 0 Å². The maximum atomic E-state index is 2.61. The molecule has 0 unspecified atom stereocenters. The van der Waals surface area contributed by atoms with Gasteiger partial charge in [-0.05, 0) is 69.1 Å². The van der Waals surface area contributed by atoms with Crippen LogP contribution < -0.4 is 0 Å². The van der Waals surface area contributed by atoms with Crippen molar-refractivity contribution in [2.75, 3.05) is 33.7 Å². The van der Waals surface area contributed by atoms with Crippen molar-refractivity contribution in [3.8, 4) is 0 Å². The van der Waals surface area contributed by atoms with Crippen LogP contribution in [0.5, 0.6) is 0 Å². The fourth-order valence-electron chi connectivity index (χ4n) is 3.75. The molecular formula is C22H30N2. The standard InChI is InChI=1S/C22H30N2/c1-23(2)15-12-20-10-6-7-11-22(20)21-13-16-24(17-14-21)18-19-8-4-3-5-9-19/h3-11,21H,12-18H2,1-2H3. The van der Waals surface area contributed by atoms with Crippen molar-refractivity contribution in [2.45, 2.75) is 31.7 Å². The first kappa shape index (κ1) is 17.2. The third-order valence-electron chi connectivity index (χ3n) is 5.16. The van der Waals surface area contributed by atoms with Gasteiger partial charge in [0.25, 0.3) is 0 Å². The largest absolute Gasteiger partial charge is 0.309 e. The number of nitrogens with zero attached hydrogens (tertiary/aromatic N) is 2. The molecule has 1 aliphatic rings. The lowest BCUT2D eigenvalue weighted by atomic mass is 9.85. The molecule has 2 heteroatoms. The number of likely N-dealkylation sites (tertiary alicyclic amines) is 1. The Morgan fingerprint density at radius 1 is 0.917 bits per heavy atom. The molecule has 0 bridgehead atoms. The van der Waals surface area contributed by atoms with Crippen LogP contribution in [0, 0.1) is 0 Å². The monoisotopic (exact) mass is 322 g/mol. The number of rotatable bonds is 6. The Bertz CT molecular complexity index is 613. The van der Waals surface area contributed by atoms with Crippen molar-refractivity contribution in [2.24, 2.45) is 0 Å². The Hall–Kier alpha value is -1.64. The molecule has 0 radical (unpaired) electrons. The summed E-state index contributed by atoms with van der Waals surface area (Å²) in [6.07, 6.45) is 3.73. The average molecular weight is 322 g/mol. The van der Waals surface area contributed by atoms with Gasteiger partial charge in [-0.1, -0.05) is 54.6 Å². The molecular weight excluding hydrogens is 292 g/mol. The molecule has 128 valence electrons. The van der Waals surface area contributed by atoms with E-state index < -0.39 is 0 Å². The van der Waals surface area contributed by atoms with Gasteiger partial charge >= 0.3 is 0 Å². The normalized spacial score (nSPS) is 16.6. The molecule has 0 aromatic heterocycles. The Labute approximate surface area is 147 Å². The smallest absolute Gasteiger partial charge is 0.0233 e. The van der Waals surface area contributed by atoms with Crippen LogP contribution in [0.4, 0.5) is 0 Å². The zero-order valence-corrected chi connectivity index (χ0v) is 15.1. The number of piperidine rings is 1. The second-order valence-corrected chi connectivity index (χ2v) is 7.29. The van der Waals surface area contributed by atoms with Gasteiger partial charge in [-0.3, -0.25) is 4.90 Å². The first-order valence-corrected chi connectivity index (χ1v) is 9.21. The van der Waals surface area contributed by atoms with Crippen LogP contribution in [0.2, 0.25) is 0 Å². The lowest BCUT2D eigenvalue weighted by molar-refractivity contribution is 0.204. The van der Waals surface area contributed by atoms with Gasteiger partial charge in [-0.2, -0.15) is 0 Å². The van der Waals surface area contributed by atoms with Crippen molar-refractivity contribution in [1.29, 1.82) is 0 Å². The van der Waals surface area contributed by atoms with Crippen molar-refractivity contribution >= 4 is 0 Å². The summed E-state index contributed by atoms with van der Waals surface area (Å²) in [6, 6.07) is 20.0. The molecule has 0 spiro atoms. The van der Waals surface area contributed by atoms with E-state index in [1.54, 1.807) is 11.1 Å². The second-order valence-electron chi connectivity index (χ2n) is 7.29. The van der Waals surface area contributed by atoms with E-state index in [1.165, 1.54) is 31.5 Å². The molecule has 1 aliphatic heterocycles. The van der Waals surface area contributed by atoms with Crippen molar-refractivity contribution < 1.29 is 0 Å². The highest BCUT2D eigenvalue weighted by Crippen LogP contribution is 2.31. The van der Waals surface area contributed by atoms with Gasteiger partial charge in [0, 0.05) is 13.1 Å². The van der Waals surface area contributed by atoms with Crippen molar-refractivity contribution in [3.05, 3.63) is 71.3 Å². The molecule has 2 aromatic carbocycles. The third kappa shape index (κ3) is 4.68. The minimum atomic E-state index is 0.732. The summed E-state index contributed by atoms with van der Waals surface area (Å²) in [5.74, 6) is 0.732. The Balaban J connectivity index is 1.58. The van der Waals surface area contributed by atoms with E-state index in [0.29, 0.717) is 0 Å². The van der Waals surface area contributed by atoms with Crippen LogP contribution in [0.15, 0.2) is 54.6 Å². The summed E-state index contributed by atoms with van der Waals surface area (Å²) in [7, 11) is 4.31. The van der Waals surface area contributed by atoms with Crippen molar-refractivity contribution in [3.63, 3.8) is 0 Å². The van der Waals surface area contributed by atoms with E-state index in [0.717, 1.165) is 25.4 Å². The number of hydrogen-bond donors (Lipinski definition) is 0. The molecule has 1 fully saturated rings. The van der Waals surface area contributed by atoms with E-state index in [9.17, 15) is 0 Å². The second kappa shape index (κ2) is 8.46. The predicted octanol–water partition coefficient (Wildman–Crippen LogP) is 4.17. The lowest BCUT2D eigenvalue weighted by Crippen LogP contribution is -2.32. The van der Waals surface area contributed by atoms with Crippen LogP contribution in [-0.4, -0.2) is 43.5 Å². The maximum Gasteiger partial charge on any atom is 0.0233 e. The zero-order valence-electron chi connectivity index (χ0n) is 15.1. The molecule has 0 saturated carbocycles. The molecule has 1 saturated heterocycles. The first-order chi connectivity index (χ1) is 11.7. The van der Waals surface area contributed by atoms with E-state index in [1.807, 2.05) is 0 Å². The molecule has 0 atom stereocenters. The SMILES string of the molecule is CN(C)CCc1ccccc1C1CCN(Cc2ccccc2)CC1. The molecule has 1 heterocycles. The van der Waals surface area contributed by atoms with Gasteiger partial charge in [-0.25, -0.2) is 0 Å². The summed E-state index contributed by atoms with van der Waals surface area (Å²) >= 11 is 0. The van der Waals surface area contributed by atoms with Crippen LogP contribution >= 0.6 is 0 Å². The topological polar surface area (TPSA) is 6.48 Å². The summed E-state index contributed by atoms with van der Waals surface area (Å²) in [5, 5.41) is 0. The summed E-state index contributed by atoms with van der Waals surface area (Å²) in [6.45, 7) is 4.64. The van der Waals surface area contributed by atoms with Gasteiger partial charge in [-0.15, -0.1) is 0 Å². The van der Waals surface area contributed by atoms with E-state index in [2.05, 4.69) is 78.5 Å². The average Bonchev–Trinajstić information content (AvgIpc) is 2.62. The highest BCUT2D eigenvalue weighted by molar-refractivity contribution is 5.31. The molecule has 3 rings (SSSR count). The van der Waals surface area contributed by atoms with E-state index >= 15 is 0 Å². The van der Waals surface area contributed by atoms with Crippen LogP contribution in [0.3, 0.4) is 0 Å². The molecule has 2 nitrogen and oxygen atoms in total. The number of likely N-dealkylation sites (N-methyl/N-ethyl adjacent to an activating group) is 1. The third-order valence-corrected chi connectivity index (χ3v) is 5.16. The first-order valence-electron chi connectivity index (χ1n) is 9.21. The highest BCUT2D eigenvalue weighted by atomic mass is 15.1. The summed E-state index contributed by atoms with van der Waals surface area (Å²) in [5.41, 5.74) is 4.58. The highest BCUT2D eigenvalue weighted by Gasteiger charge is 2.22. The minimum Gasteiger partial charge on any atom is -0.309 e. The molecule has 0 N–H and O–H groups in total. The van der Waals surface area contributed by atoms with Gasteiger partial charge in [0.1, 0.15) is 0 Å². The molecule has 24 heavy (non-hydrogen) atoms. The Morgan fingerprint density at radius 2 is 1.58 bits per heavy atom. The van der Waals surface area contributed by atoms with Crippen LogP contribution in [-0.2, 0) is 13.0 Å². The zero-order chi connectivity index (χ0) is 16.8. The van der Waals surface area contributed by atoms with Gasteiger partial charge < -0.3 is 4.90 Å². The van der Waals surface area contributed by atoms with E-state index in [4.69, 9.17) is 0 Å². The summed E-state index contributed by atoms with van der Waals surface area (Å²) < 4.78 is 0. The predicted molar refractivity (Wildman–Crippen MR) is 102 cm³/mol. The molecule has 0 amide bonds. The fourth-order valence-corrected chi connectivity index (χ4v) is 3.75. The maximum absolute atomic E-state index is 2.61.